The summed E-state index contributed by atoms with van der Waals surface area (Å²) in [4.78, 5) is 8.43. The van der Waals surface area contributed by atoms with Crippen molar-refractivity contribution >= 4 is 49.4 Å². The van der Waals surface area contributed by atoms with Gasteiger partial charge >= 0.3 is 0 Å². The van der Waals surface area contributed by atoms with Crippen LogP contribution in [0.3, 0.4) is 0 Å². The van der Waals surface area contributed by atoms with Gasteiger partial charge in [0.2, 0.25) is 0 Å². The lowest BCUT2D eigenvalue weighted by Gasteiger charge is -2.07. The Labute approximate surface area is 131 Å². The molecule has 3 nitrogen and oxygen atoms in total. The van der Waals surface area contributed by atoms with E-state index in [4.69, 9.17) is 4.98 Å². The van der Waals surface area contributed by atoms with E-state index >= 15 is 0 Å². The molecule has 5 rings (SSSR count). The first-order chi connectivity index (χ1) is 11.2. The van der Waals surface area contributed by atoms with Crippen LogP contribution in [0.15, 0.2) is 54.6 Å². The van der Waals surface area contributed by atoms with Crippen LogP contribution in [0.25, 0.3) is 49.4 Å². The summed E-state index contributed by atoms with van der Waals surface area (Å²) >= 11 is 0. The number of benzene rings is 3. The van der Waals surface area contributed by atoms with E-state index in [9.17, 15) is 5.11 Å². The molecule has 3 heteroatoms. The van der Waals surface area contributed by atoms with Crippen molar-refractivity contribution in [2.45, 2.75) is 6.92 Å². The van der Waals surface area contributed by atoms with Crippen molar-refractivity contribution in [1.82, 2.24) is 9.97 Å². The number of pyridine rings is 1. The molecule has 5 aromatic rings. The standard InChI is InChI=1S/C20H14N2O/c1-11(23)13-10-9-12-5-4-7-15-17(12)18(13)22-19-14-6-2-3-8-16(14)21-20(15)19/h2-10,21,23H,1H3/b13-11-. The quantitative estimate of drug-likeness (QED) is 0.444. The number of fused-ring (bicyclic) bond motifs is 4. The fraction of sp³-hybridized carbons (Fsp3) is 0.0500. The van der Waals surface area contributed by atoms with Gasteiger partial charge in [-0.3, -0.25) is 0 Å². The first kappa shape index (κ1) is 12.5. The lowest BCUT2D eigenvalue weighted by atomic mass is 10.0. The summed E-state index contributed by atoms with van der Waals surface area (Å²) < 4.78 is 0. The Morgan fingerprint density at radius 3 is 2.61 bits per heavy atom. The third-order valence-corrected chi connectivity index (χ3v) is 4.58. The zero-order valence-electron chi connectivity index (χ0n) is 12.6. The maximum atomic E-state index is 10.1. The molecule has 0 atom stereocenters. The number of hydrogen-bond donors (Lipinski definition) is 2. The van der Waals surface area contributed by atoms with E-state index < -0.39 is 0 Å². The molecule has 23 heavy (non-hydrogen) atoms. The van der Waals surface area contributed by atoms with Gasteiger partial charge in [0.1, 0.15) is 0 Å². The van der Waals surface area contributed by atoms with E-state index in [2.05, 4.69) is 35.3 Å². The smallest absolute Gasteiger partial charge is 0.0985 e. The van der Waals surface area contributed by atoms with Gasteiger partial charge < -0.3 is 10.1 Å². The number of aromatic nitrogens is 2. The van der Waals surface area contributed by atoms with Crippen molar-refractivity contribution < 1.29 is 5.11 Å². The van der Waals surface area contributed by atoms with Crippen LogP contribution in [0.5, 0.6) is 0 Å². The highest BCUT2D eigenvalue weighted by Crippen LogP contribution is 2.33. The van der Waals surface area contributed by atoms with Gasteiger partial charge in [-0.1, -0.05) is 42.5 Å². The predicted octanol–water partition coefficient (Wildman–Crippen LogP) is 4.43. The third kappa shape index (κ3) is 1.56. The van der Waals surface area contributed by atoms with Gasteiger partial charge in [0.15, 0.2) is 0 Å². The first-order valence-electron chi connectivity index (χ1n) is 7.65. The van der Waals surface area contributed by atoms with Gasteiger partial charge in [0.25, 0.3) is 0 Å². The molecule has 0 aliphatic carbocycles. The number of hydrogen-bond acceptors (Lipinski definition) is 2. The second-order valence-electron chi connectivity index (χ2n) is 5.96. The monoisotopic (exact) mass is 298 g/mol. The maximum Gasteiger partial charge on any atom is 0.0985 e. The average molecular weight is 298 g/mol. The van der Waals surface area contributed by atoms with Crippen LogP contribution < -0.4 is 5.22 Å². The van der Waals surface area contributed by atoms with Gasteiger partial charge in [-0.25, -0.2) is 4.98 Å². The fourth-order valence-electron chi connectivity index (χ4n) is 3.53. The van der Waals surface area contributed by atoms with Gasteiger partial charge in [0.05, 0.1) is 22.3 Å². The molecular formula is C20H14N2O. The van der Waals surface area contributed by atoms with E-state index in [0.717, 1.165) is 48.8 Å². The number of nitrogens with zero attached hydrogens (tertiary/aromatic N) is 1. The molecule has 0 aliphatic rings. The SMILES string of the molecule is C/C(O)=c1\ccc2cccc3c4[nH]c5ccccc5c4nc1c23. The highest BCUT2D eigenvalue weighted by Gasteiger charge is 2.13. The normalized spacial score (nSPS) is 13.4. The molecule has 2 N–H and O–H groups in total. The van der Waals surface area contributed by atoms with Crippen LogP contribution in [0, 0.1) is 0 Å². The Bertz CT molecular complexity index is 1280. The van der Waals surface area contributed by atoms with Crippen molar-refractivity contribution in [3.8, 4) is 0 Å². The van der Waals surface area contributed by atoms with E-state index in [-0.39, 0.29) is 0 Å². The van der Waals surface area contributed by atoms with Crippen LogP contribution in [0.4, 0.5) is 0 Å². The third-order valence-electron chi connectivity index (χ3n) is 4.58. The molecule has 0 unspecified atom stereocenters. The summed E-state index contributed by atoms with van der Waals surface area (Å²) in [5, 5.41) is 15.3. The molecule has 0 saturated heterocycles. The number of rotatable bonds is 0. The summed E-state index contributed by atoms with van der Waals surface area (Å²) in [7, 11) is 0. The molecule has 0 saturated carbocycles. The summed E-state index contributed by atoms with van der Waals surface area (Å²) in [5.74, 6) is 0.295. The molecule has 0 aliphatic heterocycles. The molecule has 0 spiro atoms. The minimum Gasteiger partial charge on any atom is -0.512 e. The van der Waals surface area contributed by atoms with Gasteiger partial charge in [-0.2, -0.15) is 0 Å². The van der Waals surface area contributed by atoms with Crippen molar-refractivity contribution in [2.24, 2.45) is 0 Å². The largest absolute Gasteiger partial charge is 0.512 e. The number of nitrogens with one attached hydrogen (secondary N) is 1. The Kier molecular flexibility index (Phi) is 2.29. The second-order valence-corrected chi connectivity index (χ2v) is 5.96. The zero-order valence-corrected chi connectivity index (χ0v) is 12.6. The topological polar surface area (TPSA) is 48.9 Å². The van der Waals surface area contributed by atoms with Crippen LogP contribution in [0.1, 0.15) is 6.92 Å². The Morgan fingerprint density at radius 1 is 0.913 bits per heavy atom. The summed E-state index contributed by atoms with van der Waals surface area (Å²) in [5.41, 5.74) is 3.94. The van der Waals surface area contributed by atoms with Crippen LogP contribution in [-0.2, 0) is 0 Å². The van der Waals surface area contributed by atoms with Crippen molar-refractivity contribution in [1.29, 1.82) is 0 Å². The molecule has 0 radical (unpaired) electrons. The molecule has 0 fully saturated rings. The Balaban J connectivity index is 2.21. The van der Waals surface area contributed by atoms with Crippen LogP contribution in [-0.4, -0.2) is 15.1 Å². The Morgan fingerprint density at radius 2 is 1.74 bits per heavy atom. The van der Waals surface area contributed by atoms with Crippen LogP contribution >= 0.6 is 0 Å². The van der Waals surface area contributed by atoms with Crippen molar-refractivity contribution in [3.05, 3.63) is 59.8 Å². The van der Waals surface area contributed by atoms with E-state index in [0.29, 0.717) is 5.76 Å². The molecule has 0 bridgehead atoms. The predicted molar refractivity (Wildman–Crippen MR) is 95.5 cm³/mol. The molecular weight excluding hydrogens is 284 g/mol. The minimum absolute atomic E-state index is 0.295. The van der Waals surface area contributed by atoms with Gasteiger partial charge in [-0.05, 0) is 24.4 Å². The van der Waals surface area contributed by atoms with E-state index in [1.165, 1.54) is 0 Å². The van der Waals surface area contributed by atoms with Crippen molar-refractivity contribution in [2.75, 3.05) is 0 Å². The van der Waals surface area contributed by atoms with Crippen LogP contribution in [0.2, 0.25) is 0 Å². The maximum absolute atomic E-state index is 10.1. The highest BCUT2D eigenvalue weighted by molar-refractivity contribution is 6.22. The number of aromatic amines is 1. The first-order valence-corrected chi connectivity index (χ1v) is 7.65. The van der Waals surface area contributed by atoms with E-state index in [1.54, 1.807) is 6.92 Å². The Hall–Kier alpha value is -3.07. The number of H-pyrrole nitrogens is 1. The zero-order chi connectivity index (χ0) is 15.6. The van der Waals surface area contributed by atoms with Gasteiger partial charge in [-0.15, -0.1) is 0 Å². The molecule has 2 heterocycles. The summed E-state index contributed by atoms with van der Waals surface area (Å²) in [6.07, 6.45) is 0. The van der Waals surface area contributed by atoms with Gasteiger partial charge in [0, 0.05) is 26.9 Å². The molecule has 2 aromatic heterocycles. The van der Waals surface area contributed by atoms with Crippen molar-refractivity contribution in [3.63, 3.8) is 0 Å². The highest BCUT2D eigenvalue weighted by atomic mass is 16.3. The number of para-hydroxylation sites is 1. The summed E-state index contributed by atoms with van der Waals surface area (Å²) in [6.45, 7) is 1.71. The van der Waals surface area contributed by atoms with E-state index in [1.807, 2.05) is 24.3 Å². The lowest BCUT2D eigenvalue weighted by molar-refractivity contribution is 0.499. The molecule has 110 valence electrons. The molecule has 3 aromatic carbocycles. The number of aliphatic hydroxyl groups excluding tert-OH is 1. The minimum atomic E-state index is 0.295. The number of aliphatic hydroxyl groups is 1. The molecule has 0 amide bonds. The second kappa shape index (κ2) is 4.23. The average Bonchev–Trinajstić information content (AvgIpc) is 2.94. The fourth-order valence-corrected chi connectivity index (χ4v) is 3.53. The summed E-state index contributed by atoms with van der Waals surface area (Å²) in [6, 6.07) is 18.5. The lowest BCUT2D eigenvalue weighted by Crippen LogP contribution is -2.07.